The summed E-state index contributed by atoms with van der Waals surface area (Å²) in [6, 6.07) is 0. The average Bonchev–Trinajstić information content (AvgIpc) is 2.91. The smallest absolute Gasteiger partial charge is 0.309 e. The Labute approximate surface area is 76.8 Å². The van der Waals surface area contributed by atoms with Crippen LogP contribution in [0.1, 0.15) is 19.3 Å². The number of esters is 1. The van der Waals surface area contributed by atoms with E-state index >= 15 is 0 Å². The summed E-state index contributed by atoms with van der Waals surface area (Å²) in [4.78, 5) is 11.3. The van der Waals surface area contributed by atoms with E-state index < -0.39 is 0 Å². The van der Waals surface area contributed by atoms with Gasteiger partial charge in [-0.2, -0.15) is 0 Å². The lowest BCUT2D eigenvalue weighted by atomic mass is 9.89. The second kappa shape index (κ2) is 3.64. The minimum absolute atomic E-state index is 0.00435. The quantitative estimate of drug-likeness (QED) is 0.501. The number of carbonyl (C=O) groups excluding carboxylic acids is 1. The van der Waals surface area contributed by atoms with Crippen molar-refractivity contribution in [3.05, 3.63) is 0 Å². The first-order valence-electron chi connectivity index (χ1n) is 4.74. The Balaban J connectivity index is 1.75. The summed E-state index contributed by atoms with van der Waals surface area (Å²) < 4.78 is 10.2. The van der Waals surface area contributed by atoms with Crippen LogP contribution in [0.25, 0.3) is 0 Å². The third kappa shape index (κ3) is 2.00. The van der Waals surface area contributed by atoms with Gasteiger partial charge in [0.1, 0.15) is 6.61 Å². The Hall–Kier alpha value is -0.610. The minimum Gasteiger partial charge on any atom is -0.463 e. The maximum absolute atomic E-state index is 11.3. The maximum atomic E-state index is 11.3. The normalized spacial score (nSPS) is 36.5. The molecule has 0 bridgehead atoms. The van der Waals surface area contributed by atoms with E-state index in [0.29, 0.717) is 12.2 Å². The number of ether oxygens (including phenoxy) is 2. The summed E-state index contributed by atoms with van der Waals surface area (Å²) in [5.41, 5.74) is 0. The SMILES string of the molecule is O=C(OCCO)C1CCC2OC2C1. The molecule has 13 heavy (non-hydrogen) atoms. The molecular weight excluding hydrogens is 172 g/mol. The fourth-order valence-electron chi connectivity index (χ4n) is 1.88. The molecule has 4 nitrogen and oxygen atoms in total. The number of hydrogen-bond donors (Lipinski definition) is 1. The molecule has 1 aliphatic carbocycles. The fourth-order valence-corrected chi connectivity index (χ4v) is 1.88. The zero-order chi connectivity index (χ0) is 9.26. The van der Waals surface area contributed by atoms with E-state index in [1.54, 1.807) is 0 Å². The maximum Gasteiger partial charge on any atom is 0.309 e. The summed E-state index contributed by atoms with van der Waals surface area (Å²) in [6.07, 6.45) is 3.37. The van der Waals surface area contributed by atoms with Crippen LogP contribution in [0.5, 0.6) is 0 Å². The van der Waals surface area contributed by atoms with Crippen molar-refractivity contribution in [1.29, 1.82) is 0 Å². The molecule has 0 amide bonds. The van der Waals surface area contributed by atoms with Crippen LogP contribution in [0.3, 0.4) is 0 Å². The molecule has 0 aromatic heterocycles. The lowest BCUT2D eigenvalue weighted by Crippen LogP contribution is -2.24. The molecule has 1 saturated heterocycles. The van der Waals surface area contributed by atoms with Crippen molar-refractivity contribution in [2.24, 2.45) is 5.92 Å². The molecule has 0 aromatic carbocycles. The molecule has 3 atom stereocenters. The topological polar surface area (TPSA) is 59.1 Å². The molecule has 0 radical (unpaired) electrons. The van der Waals surface area contributed by atoms with Crippen LogP contribution in [0.15, 0.2) is 0 Å². The standard InChI is InChI=1S/C9H14O4/c10-3-4-12-9(11)6-1-2-7-8(5-6)13-7/h6-8,10H,1-5H2. The summed E-state index contributed by atoms with van der Waals surface area (Å²) in [5.74, 6) is -0.182. The lowest BCUT2D eigenvalue weighted by molar-refractivity contribution is -0.150. The van der Waals surface area contributed by atoms with E-state index in [1.807, 2.05) is 0 Å². The van der Waals surface area contributed by atoms with Gasteiger partial charge < -0.3 is 14.6 Å². The van der Waals surface area contributed by atoms with Crippen LogP contribution in [-0.4, -0.2) is 36.5 Å². The van der Waals surface area contributed by atoms with E-state index in [0.717, 1.165) is 19.3 Å². The predicted octanol–water partition coefficient (Wildman–Crippen LogP) is 0.0894. The summed E-state index contributed by atoms with van der Waals surface area (Å²) >= 11 is 0. The molecule has 2 fully saturated rings. The van der Waals surface area contributed by atoms with Gasteiger partial charge >= 0.3 is 5.97 Å². The fraction of sp³-hybridized carbons (Fsp3) is 0.889. The van der Waals surface area contributed by atoms with Crippen molar-refractivity contribution < 1.29 is 19.4 Å². The number of epoxide rings is 1. The monoisotopic (exact) mass is 186 g/mol. The molecule has 4 heteroatoms. The third-order valence-corrected chi connectivity index (χ3v) is 2.67. The predicted molar refractivity (Wildman–Crippen MR) is 44.0 cm³/mol. The molecule has 1 N–H and O–H groups in total. The van der Waals surface area contributed by atoms with Gasteiger partial charge in [-0.15, -0.1) is 0 Å². The van der Waals surface area contributed by atoms with Gasteiger partial charge in [0.15, 0.2) is 0 Å². The second-order valence-electron chi connectivity index (χ2n) is 3.61. The number of aliphatic hydroxyl groups excluding tert-OH is 1. The van der Waals surface area contributed by atoms with Gasteiger partial charge in [-0.3, -0.25) is 4.79 Å². The highest BCUT2D eigenvalue weighted by molar-refractivity contribution is 5.72. The Kier molecular flexibility index (Phi) is 2.51. The van der Waals surface area contributed by atoms with Crippen LogP contribution in [0.4, 0.5) is 0 Å². The van der Waals surface area contributed by atoms with E-state index in [-0.39, 0.29) is 25.1 Å². The molecule has 2 aliphatic rings. The first-order chi connectivity index (χ1) is 6.31. The lowest BCUT2D eigenvalue weighted by Gasteiger charge is -2.16. The van der Waals surface area contributed by atoms with Crippen molar-refractivity contribution in [3.8, 4) is 0 Å². The Bertz CT molecular complexity index is 204. The molecule has 1 aliphatic heterocycles. The van der Waals surface area contributed by atoms with Gasteiger partial charge in [0.05, 0.1) is 24.7 Å². The van der Waals surface area contributed by atoms with Crippen molar-refractivity contribution in [2.45, 2.75) is 31.5 Å². The summed E-state index contributed by atoms with van der Waals surface area (Å²) in [5, 5.41) is 8.47. The average molecular weight is 186 g/mol. The van der Waals surface area contributed by atoms with Crippen LogP contribution in [-0.2, 0) is 14.3 Å². The van der Waals surface area contributed by atoms with E-state index in [2.05, 4.69) is 0 Å². The van der Waals surface area contributed by atoms with Crippen LogP contribution in [0, 0.1) is 5.92 Å². The number of hydrogen-bond acceptors (Lipinski definition) is 4. The first-order valence-corrected chi connectivity index (χ1v) is 4.74. The molecule has 74 valence electrons. The van der Waals surface area contributed by atoms with Crippen LogP contribution in [0.2, 0.25) is 0 Å². The summed E-state index contributed by atoms with van der Waals surface area (Å²) in [7, 11) is 0. The van der Waals surface area contributed by atoms with E-state index in [9.17, 15) is 4.79 Å². The third-order valence-electron chi connectivity index (χ3n) is 2.67. The highest BCUT2D eigenvalue weighted by Crippen LogP contribution is 2.39. The number of carbonyl (C=O) groups is 1. The van der Waals surface area contributed by atoms with Crippen LogP contribution >= 0.6 is 0 Å². The van der Waals surface area contributed by atoms with Gasteiger partial charge in [0, 0.05) is 0 Å². The molecule has 0 spiro atoms. The molecular formula is C9H14O4. The van der Waals surface area contributed by atoms with Crippen LogP contribution < -0.4 is 0 Å². The number of rotatable bonds is 3. The van der Waals surface area contributed by atoms with Gasteiger partial charge in [0.25, 0.3) is 0 Å². The van der Waals surface area contributed by atoms with E-state index in [1.165, 1.54) is 0 Å². The minimum atomic E-state index is -0.178. The first kappa shape index (κ1) is 8.97. The Morgan fingerprint density at radius 1 is 1.46 bits per heavy atom. The number of fused-ring (bicyclic) bond motifs is 1. The van der Waals surface area contributed by atoms with Gasteiger partial charge in [0.2, 0.25) is 0 Å². The van der Waals surface area contributed by atoms with Gasteiger partial charge in [-0.1, -0.05) is 0 Å². The van der Waals surface area contributed by atoms with E-state index in [4.69, 9.17) is 14.6 Å². The van der Waals surface area contributed by atoms with Gasteiger partial charge in [-0.25, -0.2) is 0 Å². The largest absolute Gasteiger partial charge is 0.463 e. The van der Waals surface area contributed by atoms with Crippen molar-refractivity contribution >= 4 is 5.97 Å². The molecule has 1 heterocycles. The highest BCUT2D eigenvalue weighted by atomic mass is 16.6. The second-order valence-corrected chi connectivity index (χ2v) is 3.61. The Morgan fingerprint density at radius 2 is 2.31 bits per heavy atom. The van der Waals surface area contributed by atoms with Crippen molar-refractivity contribution in [3.63, 3.8) is 0 Å². The molecule has 3 unspecified atom stereocenters. The van der Waals surface area contributed by atoms with Crippen molar-refractivity contribution in [2.75, 3.05) is 13.2 Å². The zero-order valence-corrected chi connectivity index (χ0v) is 7.44. The zero-order valence-electron chi connectivity index (χ0n) is 7.44. The molecule has 1 saturated carbocycles. The molecule has 0 aromatic rings. The highest BCUT2D eigenvalue weighted by Gasteiger charge is 2.46. The van der Waals surface area contributed by atoms with Gasteiger partial charge in [-0.05, 0) is 19.3 Å². The number of aliphatic hydroxyl groups is 1. The Morgan fingerprint density at radius 3 is 3.00 bits per heavy atom. The summed E-state index contributed by atoms with van der Waals surface area (Å²) in [6.45, 7) is 0.0191. The van der Waals surface area contributed by atoms with Crippen molar-refractivity contribution in [1.82, 2.24) is 0 Å². The molecule has 2 rings (SSSR count).